The number of sulfonamides is 1. The van der Waals surface area contributed by atoms with Crippen LogP contribution in [0.3, 0.4) is 0 Å². The molecule has 0 spiro atoms. The molecular formula is C26H30N4O6S. The van der Waals surface area contributed by atoms with Gasteiger partial charge in [0.2, 0.25) is 0 Å². The number of carboxylic acids is 1. The van der Waals surface area contributed by atoms with Crippen LogP contribution >= 0.6 is 0 Å². The van der Waals surface area contributed by atoms with Crippen LogP contribution in [0.1, 0.15) is 43.5 Å². The Hall–Kier alpha value is -3.86. The monoisotopic (exact) mass is 526 g/mol. The van der Waals surface area contributed by atoms with Gasteiger partial charge >= 0.3 is 5.97 Å². The molecule has 37 heavy (non-hydrogen) atoms. The lowest BCUT2D eigenvalue weighted by molar-refractivity contribution is -0.137. The molecule has 1 aromatic carbocycles. The second-order valence-electron chi connectivity index (χ2n) is 8.62. The Labute approximate surface area is 216 Å². The van der Waals surface area contributed by atoms with Crippen molar-refractivity contribution in [3.63, 3.8) is 0 Å². The van der Waals surface area contributed by atoms with Crippen LogP contribution in [-0.2, 0) is 21.4 Å². The van der Waals surface area contributed by atoms with E-state index in [1.54, 1.807) is 25.3 Å². The second kappa shape index (κ2) is 11.0. The normalized spacial score (nSPS) is 15.4. The average molecular weight is 527 g/mol. The van der Waals surface area contributed by atoms with Crippen LogP contribution < -0.4 is 13.8 Å². The fourth-order valence-electron chi connectivity index (χ4n) is 3.93. The van der Waals surface area contributed by atoms with Gasteiger partial charge in [-0.2, -0.15) is 0 Å². The van der Waals surface area contributed by atoms with Gasteiger partial charge in [0.25, 0.3) is 15.9 Å². The summed E-state index contributed by atoms with van der Waals surface area (Å²) in [7, 11) is -4.12. The predicted octanol–water partition coefficient (Wildman–Crippen LogP) is 4.00. The number of fused-ring (bicyclic) bond motifs is 1. The zero-order chi connectivity index (χ0) is 26.6. The highest BCUT2D eigenvalue weighted by Gasteiger charge is 2.37. The molecule has 0 aliphatic carbocycles. The Kier molecular flexibility index (Phi) is 7.82. The molecule has 0 bridgehead atoms. The van der Waals surface area contributed by atoms with Gasteiger partial charge in [0.1, 0.15) is 11.9 Å². The average Bonchev–Trinajstić information content (AvgIpc) is 3.30. The van der Waals surface area contributed by atoms with E-state index in [-0.39, 0.29) is 36.8 Å². The molecule has 2 aromatic heterocycles. The third-order valence-corrected chi connectivity index (χ3v) is 7.61. The maximum Gasteiger partial charge on any atom is 0.303 e. The van der Waals surface area contributed by atoms with Crippen molar-refractivity contribution in [1.29, 1.82) is 0 Å². The van der Waals surface area contributed by atoms with Crippen molar-refractivity contribution < 1.29 is 27.8 Å². The standard InChI is InChI=1S/C26H30N4O6S/c1-4-29-17-24(26(28-29)35-5-2)37(33,34)30-16-21(11-13-25(31)32)36-23-12-8-19(14-22(23)30)7-10-20-9-6-18(3)15-27-20/h6-10,12,14-15,17,21H,4-5,11,13,16H2,1-3H3,(H,31,32). The van der Waals surface area contributed by atoms with E-state index in [0.717, 1.165) is 16.8 Å². The summed E-state index contributed by atoms with van der Waals surface area (Å²) in [6.07, 6.45) is 6.31. The molecule has 1 aliphatic heterocycles. The van der Waals surface area contributed by atoms with Gasteiger partial charge in [-0.1, -0.05) is 18.2 Å². The zero-order valence-corrected chi connectivity index (χ0v) is 21.8. The number of carbonyl (C=O) groups is 1. The van der Waals surface area contributed by atoms with Crippen molar-refractivity contribution in [3.8, 4) is 11.6 Å². The highest BCUT2D eigenvalue weighted by molar-refractivity contribution is 7.93. The lowest BCUT2D eigenvalue weighted by Crippen LogP contribution is -2.43. The summed E-state index contributed by atoms with van der Waals surface area (Å²) in [5, 5.41) is 13.4. The van der Waals surface area contributed by atoms with Crippen LogP contribution in [-0.4, -0.2) is 53.5 Å². The SMILES string of the molecule is CCOc1nn(CC)cc1S(=O)(=O)N1CC(CCC(=O)O)Oc2ccc(C=Cc3ccc(C)cn3)cc21. The first-order chi connectivity index (χ1) is 17.7. The molecule has 0 fully saturated rings. The Morgan fingerprint density at radius 1 is 1.24 bits per heavy atom. The molecule has 196 valence electrons. The largest absolute Gasteiger partial charge is 0.486 e. The van der Waals surface area contributed by atoms with Crippen molar-refractivity contribution >= 4 is 33.8 Å². The van der Waals surface area contributed by atoms with Crippen molar-refractivity contribution in [3.05, 3.63) is 59.5 Å². The lowest BCUT2D eigenvalue weighted by Gasteiger charge is -2.35. The Balaban J connectivity index is 1.74. The van der Waals surface area contributed by atoms with E-state index in [1.807, 2.05) is 44.2 Å². The maximum atomic E-state index is 14.0. The fraction of sp³-hybridized carbons (Fsp3) is 0.346. The minimum absolute atomic E-state index is 0.0287. The minimum Gasteiger partial charge on any atom is -0.486 e. The Bertz CT molecular complexity index is 1400. The van der Waals surface area contributed by atoms with Crippen molar-refractivity contribution in [2.75, 3.05) is 17.5 Å². The number of aryl methyl sites for hydroxylation is 2. The predicted molar refractivity (Wildman–Crippen MR) is 139 cm³/mol. The summed E-state index contributed by atoms with van der Waals surface area (Å²) < 4.78 is 42.3. The number of aromatic nitrogens is 3. The third kappa shape index (κ3) is 5.93. The van der Waals surface area contributed by atoms with Gasteiger partial charge in [0.15, 0.2) is 4.90 Å². The number of pyridine rings is 1. The number of hydrogen-bond donors (Lipinski definition) is 1. The smallest absolute Gasteiger partial charge is 0.303 e. The summed E-state index contributed by atoms with van der Waals surface area (Å²) in [4.78, 5) is 15.5. The molecule has 0 amide bonds. The molecule has 1 atom stereocenters. The highest BCUT2D eigenvalue weighted by atomic mass is 32.2. The first-order valence-electron chi connectivity index (χ1n) is 12.1. The molecule has 1 N–H and O–H groups in total. The Morgan fingerprint density at radius 2 is 2.05 bits per heavy atom. The number of benzene rings is 1. The highest BCUT2D eigenvalue weighted by Crippen LogP contribution is 2.40. The molecule has 3 heterocycles. The number of carboxylic acid groups (broad SMARTS) is 1. The van der Waals surface area contributed by atoms with Crippen LogP contribution in [0.15, 0.2) is 47.6 Å². The summed E-state index contributed by atoms with van der Waals surface area (Å²) in [5.74, 6) is -0.588. The molecule has 1 aliphatic rings. The number of anilines is 1. The molecule has 10 nitrogen and oxygen atoms in total. The summed E-state index contributed by atoms with van der Waals surface area (Å²) in [6.45, 7) is 6.26. The maximum absolute atomic E-state index is 14.0. The van der Waals surface area contributed by atoms with Crippen molar-refractivity contribution in [2.24, 2.45) is 0 Å². The number of nitrogens with zero attached hydrogens (tertiary/aromatic N) is 4. The van der Waals surface area contributed by atoms with E-state index in [4.69, 9.17) is 14.6 Å². The second-order valence-corrected chi connectivity index (χ2v) is 10.4. The first-order valence-corrected chi connectivity index (χ1v) is 13.5. The molecule has 11 heteroatoms. The molecule has 3 aromatic rings. The van der Waals surface area contributed by atoms with Crippen molar-refractivity contribution in [2.45, 2.75) is 51.2 Å². The van der Waals surface area contributed by atoms with Gasteiger partial charge in [-0.3, -0.25) is 18.8 Å². The van der Waals surface area contributed by atoms with E-state index >= 15 is 0 Å². The molecule has 0 saturated carbocycles. The summed E-state index contributed by atoms with van der Waals surface area (Å²) in [6, 6.07) is 9.11. The quantitative estimate of drug-likeness (QED) is 0.420. The molecule has 4 rings (SSSR count). The Morgan fingerprint density at radius 3 is 2.73 bits per heavy atom. The van der Waals surface area contributed by atoms with Gasteiger partial charge in [0.05, 0.1) is 24.5 Å². The van der Waals surface area contributed by atoms with Gasteiger partial charge in [-0.15, -0.1) is 5.10 Å². The summed E-state index contributed by atoms with van der Waals surface area (Å²) in [5.41, 5.74) is 2.94. The van der Waals surface area contributed by atoms with Gasteiger partial charge in [0, 0.05) is 25.4 Å². The lowest BCUT2D eigenvalue weighted by atomic mass is 10.1. The molecule has 0 radical (unpaired) electrons. The number of aliphatic carboxylic acids is 1. The molecule has 1 unspecified atom stereocenters. The van der Waals surface area contributed by atoms with E-state index in [9.17, 15) is 13.2 Å². The number of hydrogen-bond acceptors (Lipinski definition) is 7. The van der Waals surface area contributed by atoms with Crippen LogP contribution in [0.4, 0.5) is 5.69 Å². The number of ether oxygens (including phenoxy) is 2. The van der Waals surface area contributed by atoms with Crippen LogP contribution in [0.2, 0.25) is 0 Å². The number of rotatable bonds is 10. The minimum atomic E-state index is -4.12. The van der Waals surface area contributed by atoms with E-state index in [1.165, 1.54) is 15.2 Å². The van der Waals surface area contributed by atoms with Crippen LogP contribution in [0.5, 0.6) is 11.6 Å². The van der Waals surface area contributed by atoms with Crippen molar-refractivity contribution in [1.82, 2.24) is 14.8 Å². The summed E-state index contributed by atoms with van der Waals surface area (Å²) >= 11 is 0. The fourth-order valence-corrected chi connectivity index (χ4v) is 5.51. The van der Waals surface area contributed by atoms with E-state index in [2.05, 4.69) is 10.1 Å². The molecular weight excluding hydrogens is 496 g/mol. The van der Waals surface area contributed by atoms with Gasteiger partial charge in [-0.05, 0) is 62.6 Å². The topological polar surface area (TPSA) is 124 Å². The first kappa shape index (κ1) is 26.2. The van der Waals surface area contributed by atoms with E-state index < -0.39 is 22.1 Å². The van der Waals surface area contributed by atoms with Gasteiger partial charge in [-0.25, -0.2) is 8.42 Å². The van der Waals surface area contributed by atoms with Gasteiger partial charge < -0.3 is 14.6 Å². The van der Waals surface area contributed by atoms with Crippen LogP contribution in [0.25, 0.3) is 12.2 Å². The van der Waals surface area contributed by atoms with Crippen LogP contribution in [0, 0.1) is 6.92 Å². The van der Waals surface area contributed by atoms with E-state index in [0.29, 0.717) is 18.0 Å². The molecule has 0 saturated heterocycles. The third-order valence-electron chi connectivity index (χ3n) is 5.85. The zero-order valence-electron chi connectivity index (χ0n) is 21.0.